The van der Waals surface area contributed by atoms with Crippen molar-refractivity contribution in [3.05, 3.63) is 59.5 Å². The third-order valence-electron chi connectivity index (χ3n) is 4.96. The molecule has 0 radical (unpaired) electrons. The van der Waals surface area contributed by atoms with Crippen molar-refractivity contribution < 1.29 is 14.7 Å². The van der Waals surface area contributed by atoms with Gasteiger partial charge in [-0.3, -0.25) is 9.59 Å². The molecule has 1 saturated heterocycles. The molecule has 3 heterocycles. The van der Waals surface area contributed by atoms with Crippen molar-refractivity contribution in [2.24, 2.45) is 5.73 Å². The normalized spacial score (nSPS) is 18.0. The Morgan fingerprint density at radius 3 is 2.74 bits per heavy atom. The smallest absolute Gasteiger partial charge is 0.267 e. The van der Waals surface area contributed by atoms with Crippen molar-refractivity contribution in [2.45, 2.75) is 18.9 Å². The van der Waals surface area contributed by atoms with Crippen LogP contribution in [0.25, 0.3) is 17.2 Å². The highest BCUT2D eigenvalue weighted by Crippen LogP contribution is 2.22. The molecule has 1 aliphatic heterocycles. The Balaban J connectivity index is 1.73. The van der Waals surface area contributed by atoms with Crippen LogP contribution >= 0.6 is 0 Å². The van der Waals surface area contributed by atoms with Crippen LogP contribution < -0.4 is 5.73 Å². The van der Waals surface area contributed by atoms with Gasteiger partial charge >= 0.3 is 0 Å². The van der Waals surface area contributed by atoms with Crippen LogP contribution in [0, 0.1) is 18.8 Å². The average Bonchev–Trinajstić information content (AvgIpc) is 3.31. The summed E-state index contributed by atoms with van der Waals surface area (Å²) < 4.78 is 1.54. The molecule has 2 amide bonds. The lowest BCUT2D eigenvalue weighted by Crippen LogP contribution is -2.37. The van der Waals surface area contributed by atoms with Gasteiger partial charge in [-0.15, -0.1) is 0 Å². The summed E-state index contributed by atoms with van der Waals surface area (Å²) in [5.74, 6) is 5.13. The van der Waals surface area contributed by atoms with Gasteiger partial charge in [-0.25, -0.2) is 14.6 Å². The molecule has 0 spiro atoms. The molecule has 4 rings (SSSR count). The van der Waals surface area contributed by atoms with Crippen LogP contribution in [0.15, 0.2) is 42.7 Å². The third kappa shape index (κ3) is 4.01. The van der Waals surface area contributed by atoms with E-state index in [2.05, 4.69) is 26.9 Å². The molecule has 0 bridgehead atoms. The predicted octanol–water partition coefficient (Wildman–Crippen LogP) is 0.681. The fourth-order valence-corrected chi connectivity index (χ4v) is 3.23. The quantitative estimate of drug-likeness (QED) is 0.605. The lowest BCUT2D eigenvalue weighted by molar-refractivity contribution is -0.137. The Labute approximate surface area is 178 Å². The van der Waals surface area contributed by atoms with Gasteiger partial charge in [0, 0.05) is 43.4 Å². The fourth-order valence-electron chi connectivity index (χ4n) is 3.23. The number of hydrogen-bond donors (Lipinski definition) is 2. The van der Waals surface area contributed by atoms with Crippen LogP contribution in [0.1, 0.15) is 28.0 Å². The van der Waals surface area contributed by atoms with E-state index in [1.165, 1.54) is 15.6 Å². The Kier molecular flexibility index (Phi) is 5.01. The molecule has 1 aromatic carbocycles. The van der Waals surface area contributed by atoms with Crippen molar-refractivity contribution in [2.75, 3.05) is 13.6 Å². The molecule has 0 aliphatic carbocycles. The minimum Gasteiger partial charge on any atom is -0.369 e. The number of amides is 2. The Morgan fingerprint density at radius 1 is 1.29 bits per heavy atom. The van der Waals surface area contributed by atoms with Crippen LogP contribution in [-0.2, 0) is 4.79 Å². The number of nitrogens with two attached hydrogens (primary N) is 1. The molecule has 31 heavy (non-hydrogen) atoms. The van der Waals surface area contributed by atoms with E-state index in [4.69, 9.17) is 5.73 Å². The zero-order chi connectivity index (χ0) is 22.2. The third-order valence-corrected chi connectivity index (χ3v) is 4.96. The summed E-state index contributed by atoms with van der Waals surface area (Å²) in [6, 6.07) is 8.47. The molecule has 2 aromatic heterocycles. The minimum atomic E-state index is -1.68. The maximum absolute atomic E-state index is 12.1. The van der Waals surface area contributed by atoms with E-state index in [9.17, 15) is 14.7 Å². The van der Waals surface area contributed by atoms with E-state index in [1.54, 1.807) is 43.7 Å². The summed E-state index contributed by atoms with van der Waals surface area (Å²) in [5.41, 5.74) is 5.93. The molecule has 9 heteroatoms. The molecule has 9 nitrogen and oxygen atoms in total. The molecule has 156 valence electrons. The summed E-state index contributed by atoms with van der Waals surface area (Å²) in [4.78, 5) is 34.1. The van der Waals surface area contributed by atoms with Crippen molar-refractivity contribution in [3.8, 4) is 29.0 Å². The van der Waals surface area contributed by atoms with Gasteiger partial charge in [0.25, 0.3) is 11.8 Å². The van der Waals surface area contributed by atoms with E-state index < -0.39 is 17.4 Å². The summed E-state index contributed by atoms with van der Waals surface area (Å²) in [6.45, 7) is 2.34. The van der Waals surface area contributed by atoms with E-state index in [1.807, 2.05) is 6.92 Å². The number of aryl methyl sites for hydroxylation is 1. The van der Waals surface area contributed by atoms with E-state index in [0.717, 1.165) is 5.56 Å². The van der Waals surface area contributed by atoms with Crippen LogP contribution in [0.5, 0.6) is 0 Å². The van der Waals surface area contributed by atoms with Crippen molar-refractivity contribution in [3.63, 3.8) is 0 Å². The first kappa shape index (κ1) is 20.3. The van der Waals surface area contributed by atoms with E-state index >= 15 is 0 Å². The van der Waals surface area contributed by atoms with Gasteiger partial charge in [0.1, 0.15) is 5.69 Å². The van der Waals surface area contributed by atoms with Gasteiger partial charge < -0.3 is 15.7 Å². The molecule has 3 N–H and O–H groups in total. The number of nitrogens with zero attached hydrogens (tertiary/aromatic N) is 5. The second-order valence-corrected chi connectivity index (χ2v) is 7.43. The number of carbonyl (C=O) groups is 2. The first-order valence-electron chi connectivity index (χ1n) is 9.57. The maximum Gasteiger partial charge on any atom is 0.267 e. The lowest BCUT2D eigenvalue weighted by atomic mass is 10.0. The number of rotatable bonds is 3. The Bertz CT molecular complexity index is 1260. The molecule has 1 atom stereocenters. The molecule has 1 unspecified atom stereocenters. The standard InChI is InChI=1S/C22H20N6O3/c1-14-12-24-28(13-14)18-11-17(19(23)29)25-20(26-18)16-5-3-4-15(10-16)6-7-22(31)8-9-27(2)21(22)30/h3-5,10-13,31H,8-9H2,1-2H3,(H2,23,29). The summed E-state index contributed by atoms with van der Waals surface area (Å²) in [6.07, 6.45) is 3.70. The van der Waals surface area contributed by atoms with Gasteiger partial charge in [-0.2, -0.15) is 5.10 Å². The number of likely N-dealkylation sites (tertiary alicyclic amines) is 1. The molecule has 0 saturated carbocycles. The number of hydrogen-bond acceptors (Lipinski definition) is 6. The topological polar surface area (TPSA) is 127 Å². The molecular weight excluding hydrogens is 396 g/mol. The van der Waals surface area contributed by atoms with Gasteiger partial charge in [0.15, 0.2) is 11.6 Å². The molecule has 1 aliphatic rings. The van der Waals surface area contributed by atoms with E-state index in [0.29, 0.717) is 23.5 Å². The zero-order valence-corrected chi connectivity index (χ0v) is 17.0. The second-order valence-electron chi connectivity index (χ2n) is 7.43. The molecule has 3 aromatic rings. The van der Waals surface area contributed by atoms with Crippen molar-refractivity contribution >= 4 is 11.8 Å². The largest absolute Gasteiger partial charge is 0.369 e. The van der Waals surface area contributed by atoms with E-state index in [-0.39, 0.29) is 17.9 Å². The number of primary amides is 1. The fraction of sp³-hybridized carbons (Fsp3) is 0.227. The van der Waals surface area contributed by atoms with Crippen LogP contribution in [-0.4, -0.2) is 60.8 Å². The maximum atomic E-state index is 12.1. The van der Waals surface area contributed by atoms with Gasteiger partial charge in [0.2, 0.25) is 5.60 Å². The first-order valence-corrected chi connectivity index (χ1v) is 9.57. The summed E-state index contributed by atoms with van der Waals surface area (Å²) in [5, 5.41) is 14.7. The predicted molar refractivity (Wildman–Crippen MR) is 112 cm³/mol. The highest BCUT2D eigenvalue weighted by Gasteiger charge is 2.42. The average molecular weight is 416 g/mol. The summed E-state index contributed by atoms with van der Waals surface area (Å²) >= 11 is 0. The monoisotopic (exact) mass is 416 g/mol. The van der Waals surface area contributed by atoms with Crippen molar-refractivity contribution in [1.29, 1.82) is 0 Å². The van der Waals surface area contributed by atoms with Crippen LogP contribution in [0.4, 0.5) is 0 Å². The highest BCUT2D eigenvalue weighted by molar-refractivity contribution is 5.92. The zero-order valence-electron chi connectivity index (χ0n) is 17.0. The number of aliphatic hydroxyl groups is 1. The van der Waals surface area contributed by atoms with Gasteiger partial charge in [-0.05, 0) is 24.6 Å². The van der Waals surface area contributed by atoms with Crippen LogP contribution in [0.2, 0.25) is 0 Å². The van der Waals surface area contributed by atoms with Gasteiger partial charge in [0.05, 0.1) is 6.20 Å². The number of likely N-dealkylation sites (N-methyl/N-ethyl adjacent to an activating group) is 1. The highest BCUT2D eigenvalue weighted by atomic mass is 16.3. The summed E-state index contributed by atoms with van der Waals surface area (Å²) in [7, 11) is 1.63. The Hall–Kier alpha value is -4.03. The number of benzene rings is 1. The number of aromatic nitrogens is 4. The van der Waals surface area contributed by atoms with Crippen molar-refractivity contribution in [1.82, 2.24) is 24.6 Å². The second kappa shape index (κ2) is 7.66. The van der Waals surface area contributed by atoms with Crippen LogP contribution in [0.3, 0.4) is 0 Å². The molecular formula is C22H20N6O3. The number of carbonyl (C=O) groups excluding carboxylic acids is 2. The Morgan fingerprint density at radius 2 is 2.10 bits per heavy atom. The minimum absolute atomic E-state index is 0.0542. The molecule has 1 fully saturated rings. The lowest BCUT2D eigenvalue weighted by Gasteiger charge is -2.13. The van der Waals surface area contributed by atoms with Gasteiger partial charge in [-0.1, -0.05) is 24.0 Å². The first-order chi connectivity index (χ1) is 14.7. The SMILES string of the molecule is Cc1cnn(-c2cc(C(N)=O)nc(-c3cccc(C#CC4(O)CCN(C)C4=O)c3)n2)c1.